The summed E-state index contributed by atoms with van der Waals surface area (Å²) in [4.78, 5) is 25.1. The van der Waals surface area contributed by atoms with Crippen LogP contribution >= 0.6 is 7.82 Å². The number of fused-ring (bicyclic) bond motifs is 1. The Morgan fingerprint density at radius 3 is 2.23 bits per heavy atom. The summed E-state index contributed by atoms with van der Waals surface area (Å²) >= 11 is 0. The largest absolute Gasteiger partial charge is 0.534 e. The van der Waals surface area contributed by atoms with Crippen LogP contribution in [0.5, 0.6) is 5.75 Å². The summed E-state index contributed by atoms with van der Waals surface area (Å²) in [5.74, 6) is -5.14. The summed E-state index contributed by atoms with van der Waals surface area (Å²) in [6.07, 6.45) is -2.26. The molecule has 2 aliphatic rings. The molecule has 4 rings (SSSR count). The van der Waals surface area contributed by atoms with Crippen molar-refractivity contribution in [2.45, 2.75) is 90.1 Å². The highest BCUT2D eigenvalue weighted by Gasteiger charge is 2.52. The van der Waals surface area contributed by atoms with E-state index in [1.807, 2.05) is 41.5 Å². The molecule has 0 spiro atoms. The Hall–Kier alpha value is -2.45. The number of hydrogen-bond acceptors (Lipinski definition) is 10. The molecule has 40 heavy (non-hydrogen) atoms. The molecule has 3 heterocycles. The van der Waals surface area contributed by atoms with E-state index in [1.165, 1.54) is 0 Å². The first kappa shape index (κ1) is 32.1. The second-order valence-electron chi connectivity index (χ2n) is 11.5. The van der Waals surface area contributed by atoms with Gasteiger partial charge in [0.05, 0.1) is 18.4 Å². The van der Waals surface area contributed by atoms with Gasteiger partial charge in [-0.05, 0) is 35.3 Å². The fourth-order valence-electron chi connectivity index (χ4n) is 4.36. The van der Waals surface area contributed by atoms with E-state index in [1.54, 1.807) is 11.1 Å². The van der Waals surface area contributed by atoms with E-state index in [2.05, 4.69) is 0 Å². The smallest absolute Gasteiger partial charge is 0.403 e. The van der Waals surface area contributed by atoms with Crippen LogP contribution in [0, 0.1) is 11.6 Å². The normalized spacial score (nSPS) is 23.2. The standard InChI is InChI=1S/C24H31F2N2O9P.CH4O/c1-22(2,3)13-9-14(23(4,5)6)19-12(18(13)26)11-34-38(33,36-19)37-24(31,32)16-7-8-17(35-16)28-10-15(25)20(29)27-21(28)30;1-2/h9-10,16-17,31-32H,7-8,11H2,1-6H3,(H,27,29,30);2H,1H3. The molecule has 0 saturated carbocycles. The number of hydrogen-bond donors (Lipinski definition) is 4. The molecule has 1 aromatic heterocycles. The molecule has 1 fully saturated rings. The molecule has 12 nitrogen and oxygen atoms in total. The minimum Gasteiger partial charge on any atom is -0.403 e. The number of aromatic amines is 1. The lowest BCUT2D eigenvalue weighted by atomic mass is 9.78. The van der Waals surface area contributed by atoms with Crippen LogP contribution in [0.15, 0.2) is 21.9 Å². The van der Waals surface area contributed by atoms with Crippen LogP contribution in [0.4, 0.5) is 8.78 Å². The zero-order valence-corrected chi connectivity index (χ0v) is 24.2. The van der Waals surface area contributed by atoms with Gasteiger partial charge in [-0.15, -0.1) is 0 Å². The van der Waals surface area contributed by atoms with E-state index in [9.17, 15) is 28.8 Å². The number of aliphatic hydroxyl groups excluding tert-OH is 1. The molecule has 0 aliphatic carbocycles. The summed E-state index contributed by atoms with van der Waals surface area (Å²) in [7, 11) is -3.73. The minimum absolute atomic E-state index is 0.00784. The van der Waals surface area contributed by atoms with Gasteiger partial charge in [-0.25, -0.2) is 18.3 Å². The van der Waals surface area contributed by atoms with Crippen molar-refractivity contribution in [3.8, 4) is 5.75 Å². The third kappa shape index (κ3) is 6.38. The van der Waals surface area contributed by atoms with Gasteiger partial charge in [-0.3, -0.25) is 18.9 Å². The molecular formula is C25H35F2N2O10P. The number of phosphoric acid groups is 1. The maximum atomic E-state index is 15.5. The molecular weight excluding hydrogens is 557 g/mol. The zero-order valence-electron chi connectivity index (χ0n) is 23.3. The summed E-state index contributed by atoms with van der Waals surface area (Å²) in [5.41, 5.74) is -2.39. The second kappa shape index (κ2) is 11.1. The lowest BCUT2D eigenvalue weighted by Crippen LogP contribution is -2.45. The number of halogens is 2. The first-order chi connectivity index (χ1) is 18.3. The van der Waals surface area contributed by atoms with E-state index < -0.39 is 66.4 Å². The Kier molecular flexibility index (Phi) is 8.89. The Labute approximate surface area is 229 Å². The first-order valence-corrected chi connectivity index (χ1v) is 13.9. The number of nitrogens with one attached hydrogen (secondary N) is 1. The van der Waals surface area contributed by atoms with Gasteiger partial charge in [0.15, 0.2) is 0 Å². The highest BCUT2D eigenvalue weighted by Crippen LogP contribution is 2.59. The van der Waals surface area contributed by atoms with E-state index in [0.717, 1.165) is 11.7 Å². The average molecular weight is 593 g/mol. The van der Waals surface area contributed by atoms with E-state index in [0.29, 0.717) is 17.3 Å². The molecule has 1 aromatic carbocycles. The number of benzene rings is 1. The van der Waals surface area contributed by atoms with E-state index in [4.69, 9.17) is 23.4 Å². The van der Waals surface area contributed by atoms with Gasteiger partial charge in [0, 0.05) is 12.7 Å². The highest BCUT2D eigenvalue weighted by atomic mass is 31.2. The van der Waals surface area contributed by atoms with Crippen molar-refractivity contribution < 1.29 is 47.0 Å². The number of H-pyrrole nitrogens is 1. The predicted molar refractivity (Wildman–Crippen MR) is 138 cm³/mol. The minimum atomic E-state index is -4.73. The first-order valence-electron chi connectivity index (χ1n) is 12.4. The molecule has 0 amide bonds. The Morgan fingerprint density at radius 1 is 1.05 bits per heavy atom. The van der Waals surface area contributed by atoms with Crippen molar-refractivity contribution in [1.29, 1.82) is 0 Å². The Bertz CT molecular complexity index is 1420. The fourth-order valence-corrected chi connectivity index (χ4v) is 5.67. The molecule has 3 atom stereocenters. The van der Waals surface area contributed by atoms with Gasteiger partial charge in [0.2, 0.25) is 5.82 Å². The number of phosphoric ester groups is 1. The zero-order chi connectivity index (χ0) is 30.4. The molecule has 1 saturated heterocycles. The summed E-state index contributed by atoms with van der Waals surface area (Å²) < 4.78 is 64.5. The molecule has 4 N–H and O–H groups in total. The summed E-state index contributed by atoms with van der Waals surface area (Å²) in [6.45, 7) is 10.6. The maximum absolute atomic E-state index is 15.5. The summed E-state index contributed by atoms with van der Waals surface area (Å²) in [5, 5.41) is 28.3. The molecule has 15 heteroatoms. The van der Waals surface area contributed by atoms with Gasteiger partial charge in [-0.1, -0.05) is 41.5 Å². The van der Waals surface area contributed by atoms with Crippen LogP contribution in [0.3, 0.4) is 0 Å². The monoisotopic (exact) mass is 592 g/mol. The van der Waals surface area contributed by atoms with Crippen molar-refractivity contribution in [2.24, 2.45) is 0 Å². The molecule has 224 valence electrons. The molecule has 2 aromatic rings. The van der Waals surface area contributed by atoms with Crippen LogP contribution in [0.2, 0.25) is 0 Å². The quantitative estimate of drug-likeness (QED) is 0.306. The molecule has 2 aliphatic heterocycles. The van der Waals surface area contributed by atoms with Gasteiger partial charge >= 0.3 is 19.5 Å². The third-order valence-electron chi connectivity index (χ3n) is 6.39. The predicted octanol–water partition coefficient (Wildman–Crippen LogP) is 3.07. The maximum Gasteiger partial charge on any atom is 0.534 e. The Morgan fingerprint density at radius 2 is 1.65 bits per heavy atom. The third-order valence-corrected chi connectivity index (χ3v) is 7.74. The van der Waals surface area contributed by atoms with Gasteiger partial charge in [0.1, 0.15) is 23.9 Å². The van der Waals surface area contributed by atoms with Gasteiger partial charge < -0.3 is 24.6 Å². The van der Waals surface area contributed by atoms with Crippen LogP contribution in [0.25, 0.3) is 0 Å². The van der Waals surface area contributed by atoms with Crippen LogP contribution < -0.4 is 15.8 Å². The lowest BCUT2D eigenvalue weighted by Gasteiger charge is -2.36. The lowest BCUT2D eigenvalue weighted by molar-refractivity contribution is -0.349. The van der Waals surface area contributed by atoms with E-state index >= 15 is 4.39 Å². The van der Waals surface area contributed by atoms with Crippen molar-refractivity contribution in [2.75, 3.05) is 7.11 Å². The number of ether oxygens (including phenoxy) is 1. The highest BCUT2D eigenvalue weighted by molar-refractivity contribution is 7.49. The molecule has 3 unspecified atom stereocenters. The fraction of sp³-hybridized carbons (Fsp3) is 0.600. The SMILES string of the molecule is CC(C)(C)c1cc(C(C)(C)C)c2c(c1F)COP(=O)(OC(O)(O)C1CCC(n3cc(F)c(=O)[nH]c3=O)O1)O2.CO. The number of nitrogens with zero attached hydrogens (tertiary/aromatic N) is 1. The average Bonchev–Trinajstić information content (AvgIpc) is 3.32. The number of rotatable bonds is 4. The van der Waals surface area contributed by atoms with Crippen molar-refractivity contribution in [3.63, 3.8) is 0 Å². The second-order valence-corrected chi connectivity index (χ2v) is 13.0. The number of aliphatic hydroxyl groups is 3. The molecule has 0 bridgehead atoms. The van der Waals surface area contributed by atoms with Crippen molar-refractivity contribution >= 4 is 7.82 Å². The van der Waals surface area contributed by atoms with Crippen LogP contribution in [0.1, 0.15) is 77.3 Å². The Balaban J connectivity index is 0.00000216. The van der Waals surface area contributed by atoms with Gasteiger partial charge in [0.25, 0.3) is 5.56 Å². The van der Waals surface area contributed by atoms with Crippen LogP contribution in [-0.2, 0) is 35.8 Å². The molecule has 0 radical (unpaired) electrons. The van der Waals surface area contributed by atoms with Crippen molar-refractivity contribution in [3.05, 3.63) is 61.4 Å². The van der Waals surface area contributed by atoms with Crippen molar-refractivity contribution in [1.82, 2.24) is 9.55 Å². The number of aromatic nitrogens is 2. The topological polar surface area (TPSA) is 170 Å². The van der Waals surface area contributed by atoms with Crippen LogP contribution in [-0.4, -0.2) is 44.1 Å². The summed E-state index contributed by atoms with van der Waals surface area (Å²) in [6, 6.07) is 1.63. The van der Waals surface area contributed by atoms with Gasteiger partial charge in [-0.2, -0.15) is 4.39 Å². The van der Waals surface area contributed by atoms with E-state index in [-0.39, 0.29) is 24.2 Å².